The lowest BCUT2D eigenvalue weighted by Gasteiger charge is -2.13. The number of hydrogen-bond acceptors (Lipinski definition) is 2. The molecule has 2 heterocycles. The van der Waals surface area contributed by atoms with E-state index in [0.717, 1.165) is 17.6 Å². The summed E-state index contributed by atoms with van der Waals surface area (Å²) in [5, 5.41) is 2.07. The number of halogens is 2. The minimum Gasteiger partial charge on any atom is -0.457 e. The summed E-state index contributed by atoms with van der Waals surface area (Å²) in [4.78, 5) is 4.08. The fourth-order valence-corrected chi connectivity index (χ4v) is 2.82. The molecular formula is C14H12Cl2N2O. The number of imidazole rings is 1. The van der Waals surface area contributed by atoms with E-state index in [-0.39, 0.29) is 6.04 Å². The maximum atomic E-state index is 6.15. The van der Waals surface area contributed by atoms with Crippen LogP contribution in [0.2, 0.25) is 10.0 Å². The van der Waals surface area contributed by atoms with E-state index >= 15 is 0 Å². The number of aromatic nitrogens is 2. The highest BCUT2D eigenvalue weighted by Gasteiger charge is 2.17. The number of nitrogens with zero attached hydrogens (tertiary/aromatic N) is 2. The Balaban J connectivity index is 2.12. The van der Waals surface area contributed by atoms with E-state index in [0.29, 0.717) is 15.6 Å². The highest BCUT2D eigenvalue weighted by atomic mass is 35.5. The third-order valence-corrected chi connectivity index (χ3v) is 3.65. The fraction of sp³-hybridized carbons (Fsp3) is 0.214. The van der Waals surface area contributed by atoms with Gasteiger partial charge in [-0.15, -0.1) is 0 Å². The van der Waals surface area contributed by atoms with Gasteiger partial charge in [0, 0.05) is 22.8 Å². The van der Waals surface area contributed by atoms with Crippen molar-refractivity contribution in [3.05, 3.63) is 52.7 Å². The number of furan rings is 1. The average molecular weight is 295 g/mol. The summed E-state index contributed by atoms with van der Waals surface area (Å²) in [5.41, 5.74) is 0.680. The molecule has 0 fully saturated rings. The molecule has 3 aromatic rings. The molecule has 19 heavy (non-hydrogen) atoms. The summed E-state index contributed by atoms with van der Waals surface area (Å²) in [5.74, 6) is 0.861. The number of benzene rings is 1. The van der Waals surface area contributed by atoms with Gasteiger partial charge in [0.05, 0.1) is 17.4 Å². The van der Waals surface area contributed by atoms with Crippen molar-refractivity contribution >= 4 is 34.2 Å². The molecule has 98 valence electrons. The van der Waals surface area contributed by atoms with E-state index in [9.17, 15) is 0 Å². The zero-order valence-electron chi connectivity index (χ0n) is 10.3. The lowest BCUT2D eigenvalue weighted by Crippen LogP contribution is -2.06. The Labute approximate surface area is 120 Å². The lowest BCUT2D eigenvalue weighted by molar-refractivity contribution is 0.439. The summed E-state index contributed by atoms with van der Waals surface area (Å²) in [6.07, 6.45) is 6.38. The minimum atomic E-state index is 0.116. The number of fused-ring (bicyclic) bond motifs is 1. The first-order valence-corrected chi connectivity index (χ1v) is 6.80. The van der Waals surface area contributed by atoms with Crippen LogP contribution in [0.1, 0.15) is 25.1 Å². The molecule has 0 unspecified atom stereocenters. The van der Waals surface area contributed by atoms with Crippen LogP contribution in [0.25, 0.3) is 11.0 Å². The van der Waals surface area contributed by atoms with Crippen molar-refractivity contribution in [1.29, 1.82) is 0 Å². The third kappa shape index (κ3) is 2.24. The highest BCUT2D eigenvalue weighted by molar-refractivity contribution is 6.38. The first-order valence-electron chi connectivity index (χ1n) is 6.05. The van der Waals surface area contributed by atoms with Gasteiger partial charge >= 0.3 is 0 Å². The van der Waals surface area contributed by atoms with E-state index in [1.54, 1.807) is 18.6 Å². The standard InChI is InChI=1S/C14H12Cl2N2O/c1-2-12(18-4-3-17-8-18)13-6-9-5-10(15)7-11(16)14(9)19-13/h3-8,12H,2H2,1H3/t12-/m0/s1. The molecule has 1 atom stereocenters. The Kier molecular flexibility index (Phi) is 3.25. The van der Waals surface area contributed by atoms with Crippen LogP contribution in [0, 0.1) is 0 Å². The predicted molar refractivity (Wildman–Crippen MR) is 76.9 cm³/mol. The Morgan fingerprint density at radius 3 is 2.84 bits per heavy atom. The lowest BCUT2D eigenvalue weighted by atomic mass is 10.1. The Morgan fingerprint density at radius 1 is 1.32 bits per heavy atom. The summed E-state index contributed by atoms with van der Waals surface area (Å²) in [6.45, 7) is 2.10. The normalized spacial score (nSPS) is 13.0. The van der Waals surface area contributed by atoms with Gasteiger partial charge in [0.15, 0.2) is 5.58 Å². The monoisotopic (exact) mass is 294 g/mol. The molecule has 5 heteroatoms. The molecule has 0 bridgehead atoms. The number of hydrogen-bond donors (Lipinski definition) is 0. The maximum absolute atomic E-state index is 6.15. The molecule has 0 amide bonds. The molecule has 0 radical (unpaired) electrons. The van der Waals surface area contributed by atoms with Gasteiger partial charge in [0.2, 0.25) is 0 Å². The van der Waals surface area contributed by atoms with Crippen LogP contribution in [-0.2, 0) is 0 Å². The van der Waals surface area contributed by atoms with Gasteiger partial charge < -0.3 is 8.98 Å². The Morgan fingerprint density at radius 2 is 2.16 bits per heavy atom. The second-order valence-electron chi connectivity index (χ2n) is 4.39. The molecule has 0 aliphatic rings. The molecule has 3 rings (SSSR count). The van der Waals surface area contributed by atoms with Crippen LogP contribution in [0.4, 0.5) is 0 Å². The van der Waals surface area contributed by atoms with Gasteiger partial charge in [0.25, 0.3) is 0 Å². The zero-order valence-corrected chi connectivity index (χ0v) is 11.8. The molecule has 0 aliphatic carbocycles. The quantitative estimate of drug-likeness (QED) is 0.685. The van der Waals surface area contributed by atoms with E-state index in [2.05, 4.69) is 11.9 Å². The molecule has 0 saturated heterocycles. The third-order valence-electron chi connectivity index (χ3n) is 3.15. The van der Waals surface area contributed by atoms with Crippen molar-refractivity contribution in [1.82, 2.24) is 9.55 Å². The van der Waals surface area contributed by atoms with Gasteiger partial charge in [-0.1, -0.05) is 30.1 Å². The van der Waals surface area contributed by atoms with E-state index in [1.165, 1.54) is 0 Å². The molecule has 2 aromatic heterocycles. The smallest absolute Gasteiger partial charge is 0.153 e. The van der Waals surface area contributed by atoms with Crippen molar-refractivity contribution < 1.29 is 4.42 Å². The molecule has 1 aromatic carbocycles. The first-order chi connectivity index (χ1) is 9.19. The SMILES string of the molecule is CC[C@@H](c1cc2cc(Cl)cc(Cl)c2o1)n1ccnc1. The minimum absolute atomic E-state index is 0.116. The van der Waals surface area contributed by atoms with Gasteiger partial charge in [0.1, 0.15) is 5.76 Å². The fourth-order valence-electron chi connectivity index (χ4n) is 2.27. The van der Waals surface area contributed by atoms with Crippen molar-refractivity contribution in [3.8, 4) is 0 Å². The van der Waals surface area contributed by atoms with E-state index in [4.69, 9.17) is 27.6 Å². The highest BCUT2D eigenvalue weighted by Crippen LogP contribution is 2.34. The maximum Gasteiger partial charge on any atom is 0.153 e. The summed E-state index contributed by atoms with van der Waals surface area (Å²) in [7, 11) is 0. The second kappa shape index (κ2) is 4.91. The van der Waals surface area contributed by atoms with Gasteiger partial charge in [-0.05, 0) is 24.6 Å². The predicted octanol–water partition coefficient (Wildman–Crippen LogP) is 4.94. The van der Waals surface area contributed by atoms with Crippen LogP contribution >= 0.6 is 23.2 Å². The summed E-state index contributed by atoms with van der Waals surface area (Å²) >= 11 is 12.2. The van der Waals surface area contributed by atoms with Gasteiger partial charge in [-0.3, -0.25) is 0 Å². The Bertz CT molecular complexity index is 704. The largest absolute Gasteiger partial charge is 0.457 e. The first kappa shape index (κ1) is 12.6. The molecule has 0 N–H and O–H groups in total. The topological polar surface area (TPSA) is 31.0 Å². The summed E-state index contributed by atoms with van der Waals surface area (Å²) in [6, 6.07) is 5.65. The Hall–Kier alpha value is -1.45. The van der Waals surface area contributed by atoms with Crippen molar-refractivity contribution in [2.45, 2.75) is 19.4 Å². The average Bonchev–Trinajstić information content (AvgIpc) is 2.99. The van der Waals surface area contributed by atoms with Crippen LogP contribution in [0.15, 0.2) is 41.3 Å². The van der Waals surface area contributed by atoms with Crippen molar-refractivity contribution in [2.24, 2.45) is 0 Å². The van der Waals surface area contributed by atoms with Crippen LogP contribution in [0.3, 0.4) is 0 Å². The molecule has 0 saturated carbocycles. The molecule has 0 spiro atoms. The molecule has 3 nitrogen and oxygen atoms in total. The number of rotatable bonds is 3. The second-order valence-corrected chi connectivity index (χ2v) is 5.23. The van der Waals surface area contributed by atoms with Crippen LogP contribution in [-0.4, -0.2) is 9.55 Å². The van der Waals surface area contributed by atoms with Crippen LogP contribution < -0.4 is 0 Å². The van der Waals surface area contributed by atoms with Crippen molar-refractivity contribution in [3.63, 3.8) is 0 Å². The van der Waals surface area contributed by atoms with E-state index in [1.807, 2.05) is 22.9 Å². The van der Waals surface area contributed by atoms with E-state index < -0.39 is 0 Å². The molecule has 0 aliphatic heterocycles. The summed E-state index contributed by atoms with van der Waals surface area (Å²) < 4.78 is 7.91. The van der Waals surface area contributed by atoms with Crippen LogP contribution in [0.5, 0.6) is 0 Å². The zero-order chi connectivity index (χ0) is 13.4. The van der Waals surface area contributed by atoms with Gasteiger partial charge in [-0.25, -0.2) is 4.98 Å². The van der Waals surface area contributed by atoms with Crippen molar-refractivity contribution in [2.75, 3.05) is 0 Å². The van der Waals surface area contributed by atoms with Gasteiger partial charge in [-0.2, -0.15) is 0 Å². The molecular weight excluding hydrogens is 283 g/mol.